The number of rotatable bonds is 4. The summed E-state index contributed by atoms with van der Waals surface area (Å²) in [5.41, 5.74) is 1.44. The minimum atomic E-state index is 0.480. The fourth-order valence-electron chi connectivity index (χ4n) is 1.92. The Balaban J connectivity index is 2.27. The summed E-state index contributed by atoms with van der Waals surface area (Å²) in [6.07, 6.45) is 2.47. The predicted octanol–water partition coefficient (Wildman–Crippen LogP) is 6.54. The SMILES string of the molecule is CC(C)CCC(Br)c1csc2c(Br)cccc12. The Morgan fingerprint density at radius 3 is 2.71 bits per heavy atom. The van der Waals surface area contributed by atoms with Crippen LogP contribution in [-0.4, -0.2) is 0 Å². The summed E-state index contributed by atoms with van der Waals surface area (Å²) in [4.78, 5) is 0.480. The van der Waals surface area contributed by atoms with E-state index in [1.54, 1.807) is 0 Å². The second kappa shape index (κ2) is 5.85. The third-order valence-corrected chi connectivity index (χ3v) is 5.84. The molecule has 0 fully saturated rings. The van der Waals surface area contributed by atoms with Crippen molar-refractivity contribution in [2.45, 2.75) is 31.5 Å². The van der Waals surface area contributed by atoms with E-state index in [4.69, 9.17) is 0 Å². The normalized spacial score (nSPS) is 13.5. The molecule has 2 aromatic rings. The minimum absolute atomic E-state index is 0.480. The van der Waals surface area contributed by atoms with Crippen LogP contribution in [0.1, 0.15) is 37.1 Å². The van der Waals surface area contributed by atoms with E-state index in [0.29, 0.717) is 4.83 Å². The summed E-state index contributed by atoms with van der Waals surface area (Å²) in [6.45, 7) is 4.56. The van der Waals surface area contributed by atoms with Crippen LogP contribution in [0.3, 0.4) is 0 Å². The van der Waals surface area contributed by atoms with Gasteiger partial charge in [-0.1, -0.05) is 41.9 Å². The smallest absolute Gasteiger partial charge is 0.0488 e. The van der Waals surface area contributed by atoms with Crippen LogP contribution in [-0.2, 0) is 0 Å². The first-order valence-corrected chi connectivity index (χ1v) is 8.48. The second-order valence-electron chi connectivity index (χ2n) is 4.75. The van der Waals surface area contributed by atoms with E-state index in [2.05, 4.69) is 69.3 Å². The van der Waals surface area contributed by atoms with Crippen molar-refractivity contribution in [1.82, 2.24) is 0 Å². The van der Waals surface area contributed by atoms with Crippen molar-refractivity contribution >= 4 is 53.3 Å². The molecule has 0 amide bonds. The molecule has 1 aromatic carbocycles. The van der Waals surface area contributed by atoms with Gasteiger partial charge in [0, 0.05) is 14.0 Å². The highest BCUT2D eigenvalue weighted by Gasteiger charge is 2.14. The average Bonchev–Trinajstić information content (AvgIpc) is 2.71. The van der Waals surface area contributed by atoms with Crippen molar-refractivity contribution < 1.29 is 0 Å². The number of halogens is 2. The molecule has 0 saturated carbocycles. The van der Waals surface area contributed by atoms with Gasteiger partial charge >= 0.3 is 0 Å². The number of thiophene rings is 1. The fourth-order valence-corrected chi connectivity index (χ4v) is 4.41. The lowest BCUT2D eigenvalue weighted by Crippen LogP contribution is -1.93. The molecule has 0 bridgehead atoms. The van der Waals surface area contributed by atoms with Crippen LogP contribution in [0.5, 0.6) is 0 Å². The highest BCUT2D eigenvalue weighted by atomic mass is 79.9. The molecule has 2 rings (SSSR count). The zero-order valence-corrected chi connectivity index (χ0v) is 14.0. The average molecular weight is 376 g/mol. The number of hydrogen-bond donors (Lipinski definition) is 0. The number of fused-ring (bicyclic) bond motifs is 1. The van der Waals surface area contributed by atoms with E-state index in [1.165, 1.54) is 33.0 Å². The number of hydrogen-bond acceptors (Lipinski definition) is 1. The minimum Gasteiger partial charge on any atom is -0.142 e. The molecule has 92 valence electrons. The number of alkyl halides is 1. The van der Waals surface area contributed by atoms with Crippen LogP contribution >= 0.6 is 43.2 Å². The van der Waals surface area contributed by atoms with E-state index < -0.39 is 0 Å². The molecule has 0 spiro atoms. The molecule has 1 atom stereocenters. The van der Waals surface area contributed by atoms with Gasteiger partial charge in [0.05, 0.1) is 0 Å². The Morgan fingerprint density at radius 1 is 1.24 bits per heavy atom. The summed E-state index contributed by atoms with van der Waals surface area (Å²) >= 11 is 9.27. The van der Waals surface area contributed by atoms with Gasteiger partial charge in [-0.15, -0.1) is 11.3 Å². The highest BCUT2D eigenvalue weighted by molar-refractivity contribution is 9.10. The van der Waals surface area contributed by atoms with Gasteiger partial charge in [-0.3, -0.25) is 0 Å². The van der Waals surface area contributed by atoms with Crippen LogP contribution in [0.15, 0.2) is 28.1 Å². The summed E-state index contributed by atoms with van der Waals surface area (Å²) in [7, 11) is 0. The zero-order valence-electron chi connectivity index (χ0n) is 10.0. The summed E-state index contributed by atoms with van der Waals surface area (Å²) in [6, 6.07) is 6.44. The molecule has 0 saturated heterocycles. The molecule has 0 aliphatic rings. The van der Waals surface area contributed by atoms with Crippen LogP contribution in [0.2, 0.25) is 0 Å². The summed E-state index contributed by atoms with van der Waals surface area (Å²) in [5, 5.41) is 3.67. The molecule has 0 nitrogen and oxygen atoms in total. The quantitative estimate of drug-likeness (QED) is 0.532. The van der Waals surface area contributed by atoms with Crippen molar-refractivity contribution in [3.05, 3.63) is 33.6 Å². The maximum absolute atomic E-state index is 3.83. The molecule has 0 aliphatic carbocycles. The van der Waals surface area contributed by atoms with Crippen molar-refractivity contribution in [2.75, 3.05) is 0 Å². The molecule has 3 heteroatoms. The highest BCUT2D eigenvalue weighted by Crippen LogP contribution is 2.40. The molecule has 1 heterocycles. The van der Waals surface area contributed by atoms with E-state index in [9.17, 15) is 0 Å². The van der Waals surface area contributed by atoms with Gasteiger partial charge in [0.15, 0.2) is 0 Å². The van der Waals surface area contributed by atoms with Crippen molar-refractivity contribution in [3.8, 4) is 0 Å². The van der Waals surface area contributed by atoms with Crippen LogP contribution in [0.4, 0.5) is 0 Å². The number of benzene rings is 1. The van der Waals surface area contributed by atoms with Crippen molar-refractivity contribution in [2.24, 2.45) is 5.92 Å². The maximum Gasteiger partial charge on any atom is 0.0488 e. The van der Waals surface area contributed by atoms with Gasteiger partial charge in [-0.05, 0) is 57.1 Å². The third kappa shape index (κ3) is 3.12. The first kappa shape index (κ1) is 13.6. The second-order valence-corrected chi connectivity index (χ2v) is 7.59. The van der Waals surface area contributed by atoms with Gasteiger partial charge in [-0.2, -0.15) is 0 Å². The Bertz CT molecular complexity index is 502. The summed E-state index contributed by atoms with van der Waals surface area (Å²) < 4.78 is 2.56. The lowest BCUT2D eigenvalue weighted by molar-refractivity contribution is 0.555. The fraction of sp³-hybridized carbons (Fsp3) is 0.429. The lowest BCUT2D eigenvalue weighted by atomic mass is 10.0. The van der Waals surface area contributed by atoms with Crippen LogP contribution in [0.25, 0.3) is 10.1 Å². The molecule has 1 aromatic heterocycles. The summed E-state index contributed by atoms with van der Waals surface area (Å²) in [5.74, 6) is 0.770. The largest absolute Gasteiger partial charge is 0.142 e. The zero-order chi connectivity index (χ0) is 12.4. The van der Waals surface area contributed by atoms with Gasteiger partial charge in [-0.25, -0.2) is 0 Å². The molecule has 0 N–H and O–H groups in total. The van der Waals surface area contributed by atoms with Gasteiger partial charge in [0.25, 0.3) is 0 Å². The first-order chi connectivity index (χ1) is 8.09. The molecular formula is C14H16Br2S. The molecular weight excluding hydrogens is 360 g/mol. The van der Waals surface area contributed by atoms with Crippen molar-refractivity contribution in [3.63, 3.8) is 0 Å². The standard InChI is InChI=1S/C14H16Br2S/c1-9(2)6-7-12(15)11-8-17-14-10(11)4-3-5-13(14)16/h3-5,8-9,12H,6-7H2,1-2H3. The molecule has 0 aliphatic heterocycles. The van der Waals surface area contributed by atoms with Crippen LogP contribution in [0, 0.1) is 5.92 Å². The lowest BCUT2D eigenvalue weighted by Gasteiger charge is -2.11. The Morgan fingerprint density at radius 2 is 2.00 bits per heavy atom. The molecule has 17 heavy (non-hydrogen) atoms. The molecule has 0 radical (unpaired) electrons. The van der Waals surface area contributed by atoms with E-state index in [1.807, 2.05) is 11.3 Å². The first-order valence-electron chi connectivity index (χ1n) is 5.89. The maximum atomic E-state index is 3.83. The monoisotopic (exact) mass is 374 g/mol. The van der Waals surface area contributed by atoms with Gasteiger partial charge in [0.2, 0.25) is 0 Å². The third-order valence-electron chi connectivity index (χ3n) is 2.92. The van der Waals surface area contributed by atoms with Gasteiger partial charge in [0.1, 0.15) is 0 Å². The van der Waals surface area contributed by atoms with Crippen LogP contribution < -0.4 is 0 Å². The van der Waals surface area contributed by atoms with Crippen molar-refractivity contribution in [1.29, 1.82) is 0 Å². The van der Waals surface area contributed by atoms with E-state index in [0.717, 1.165) is 5.92 Å². The Hall–Kier alpha value is 0.140. The Labute approximate surface area is 124 Å². The van der Waals surface area contributed by atoms with Gasteiger partial charge < -0.3 is 0 Å². The van der Waals surface area contributed by atoms with E-state index >= 15 is 0 Å². The molecule has 1 unspecified atom stereocenters. The van der Waals surface area contributed by atoms with E-state index in [-0.39, 0.29) is 0 Å². The Kier molecular flexibility index (Phi) is 4.67. The predicted molar refractivity (Wildman–Crippen MR) is 85.3 cm³/mol. The topological polar surface area (TPSA) is 0 Å².